The van der Waals surface area contributed by atoms with Gasteiger partial charge in [0.2, 0.25) is 0 Å². The standard InChI is InChI=1S/C15H23NO2/c1-12(2)11-18-14-7-5-13(6-8-14)16-10-15-4-3-9-17-15/h5-8,12,15-16H,3-4,9-11H2,1-2H3. The molecule has 1 unspecified atom stereocenters. The van der Waals surface area contributed by atoms with Crippen molar-refractivity contribution in [2.75, 3.05) is 25.1 Å². The molecule has 0 spiro atoms. The summed E-state index contributed by atoms with van der Waals surface area (Å²) in [5, 5.41) is 3.40. The fourth-order valence-corrected chi connectivity index (χ4v) is 1.97. The maximum Gasteiger partial charge on any atom is 0.119 e. The summed E-state index contributed by atoms with van der Waals surface area (Å²) in [6, 6.07) is 8.15. The Morgan fingerprint density at radius 2 is 2.11 bits per heavy atom. The smallest absolute Gasteiger partial charge is 0.119 e. The number of ether oxygens (including phenoxy) is 2. The average molecular weight is 249 g/mol. The second-order valence-electron chi connectivity index (χ2n) is 5.25. The normalized spacial score (nSPS) is 19.2. The van der Waals surface area contributed by atoms with E-state index in [0.717, 1.165) is 31.2 Å². The molecule has 1 aliphatic rings. The Balaban J connectivity index is 1.76. The number of hydrogen-bond donors (Lipinski definition) is 1. The van der Waals surface area contributed by atoms with E-state index in [1.807, 2.05) is 12.1 Å². The summed E-state index contributed by atoms with van der Waals surface area (Å²) in [5.74, 6) is 1.49. The van der Waals surface area contributed by atoms with Gasteiger partial charge in [0.25, 0.3) is 0 Å². The van der Waals surface area contributed by atoms with E-state index in [1.54, 1.807) is 0 Å². The predicted octanol–water partition coefficient (Wildman–Crippen LogP) is 3.31. The van der Waals surface area contributed by atoms with E-state index in [9.17, 15) is 0 Å². The number of nitrogens with one attached hydrogen (secondary N) is 1. The Morgan fingerprint density at radius 3 is 2.72 bits per heavy atom. The maximum atomic E-state index is 5.65. The Hall–Kier alpha value is -1.22. The van der Waals surface area contributed by atoms with E-state index in [1.165, 1.54) is 12.8 Å². The lowest BCUT2D eigenvalue weighted by atomic mass is 10.2. The van der Waals surface area contributed by atoms with Crippen LogP contribution in [0, 0.1) is 5.92 Å². The van der Waals surface area contributed by atoms with E-state index < -0.39 is 0 Å². The summed E-state index contributed by atoms with van der Waals surface area (Å²) in [6.45, 7) is 6.87. The summed E-state index contributed by atoms with van der Waals surface area (Å²) in [6.07, 6.45) is 2.73. The molecule has 1 atom stereocenters. The minimum atomic E-state index is 0.377. The van der Waals surface area contributed by atoms with Crippen LogP contribution in [0.2, 0.25) is 0 Å². The third-order valence-corrected chi connectivity index (χ3v) is 3.00. The van der Waals surface area contributed by atoms with Gasteiger partial charge in [-0.15, -0.1) is 0 Å². The molecule has 0 saturated carbocycles. The Bertz CT molecular complexity index is 342. The first-order valence-electron chi connectivity index (χ1n) is 6.82. The van der Waals surface area contributed by atoms with E-state index >= 15 is 0 Å². The molecule has 0 bridgehead atoms. The Labute approximate surface area is 109 Å². The fraction of sp³-hybridized carbons (Fsp3) is 0.600. The number of benzene rings is 1. The van der Waals surface area contributed by atoms with Crippen LogP contribution in [0.5, 0.6) is 5.75 Å². The molecule has 1 saturated heterocycles. The molecule has 2 rings (SSSR count). The molecule has 1 fully saturated rings. The van der Waals surface area contributed by atoms with Gasteiger partial charge in [-0.05, 0) is 43.0 Å². The Morgan fingerprint density at radius 1 is 1.33 bits per heavy atom. The monoisotopic (exact) mass is 249 g/mol. The first-order chi connectivity index (χ1) is 8.74. The minimum Gasteiger partial charge on any atom is -0.493 e. The highest BCUT2D eigenvalue weighted by Crippen LogP contribution is 2.18. The molecule has 0 radical (unpaired) electrons. The van der Waals surface area contributed by atoms with Crippen molar-refractivity contribution in [1.82, 2.24) is 0 Å². The largest absolute Gasteiger partial charge is 0.493 e. The Kier molecular flexibility index (Phi) is 4.88. The topological polar surface area (TPSA) is 30.5 Å². The van der Waals surface area contributed by atoms with Gasteiger partial charge in [-0.2, -0.15) is 0 Å². The van der Waals surface area contributed by atoms with Gasteiger partial charge in [0.15, 0.2) is 0 Å². The SMILES string of the molecule is CC(C)COc1ccc(NCC2CCCO2)cc1. The molecular weight excluding hydrogens is 226 g/mol. The molecule has 18 heavy (non-hydrogen) atoms. The van der Waals surface area contributed by atoms with Crippen LogP contribution in [-0.4, -0.2) is 25.9 Å². The van der Waals surface area contributed by atoms with Crippen LogP contribution in [0.4, 0.5) is 5.69 Å². The molecule has 1 aromatic rings. The lowest BCUT2D eigenvalue weighted by Crippen LogP contribution is -2.18. The van der Waals surface area contributed by atoms with Crippen molar-refractivity contribution in [3.63, 3.8) is 0 Å². The summed E-state index contributed by atoms with van der Waals surface area (Å²) >= 11 is 0. The minimum absolute atomic E-state index is 0.377. The molecule has 100 valence electrons. The van der Waals surface area contributed by atoms with Gasteiger partial charge in [-0.3, -0.25) is 0 Å². The molecule has 1 heterocycles. The molecule has 0 aliphatic carbocycles. The molecule has 3 heteroatoms. The van der Waals surface area contributed by atoms with Crippen molar-refractivity contribution in [3.05, 3.63) is 24.3 Å². The number of anilines is 1. The highest BCUT2D eigenvalue weighted by Gasteiger charge is 2.14. The summed E-state index contributed by atoms with van der Waals surface area (Å²) in [5.41, 5.74) is 1.13. The van der Waals surface area contributed by atoms with E-state index in [4.69, 9.17) is 9.47 Å². The van der Waals surface area contributed by atoms with Gasteiger partial charge in [0.1, 0.15) is 5.75 Å². The molecule has 0 aromatic heterocycles. The van der Waals surface area contributed by atoms with Crippen molar-refractivity contribution in [1.29, 1.82) is 0 Å². The van der Waals surface area contributed by atoms with Crippen LogP contribution in [0.25, 0.3) is 0 Å². The molecular formula is C15H23NO2. The van der Waals surface area contributed by atoms with Crippen molar-refractivity contribution < 1.29 is 9.47 Å². The highest BCUT2D eigenvalue weighted by atomic mass is 16.5. The zero-order valence-corrected chi connectivity index (χ0v) is 11.3. The maximum absolute atomic E-state index is 5.65. The van der Waals surface area contributed by atoms with Gasteiger partial charge in [0.05, 0.1) is 12.7 Å². The third kappa shape index (κ3) is 4.22. The van der Waals surface area contributed by atoms with Crippen LogP contribution >= 0.6 is 0 Å². The van der Waals surface area contributed by atoms with Crippen LogP contribution < -0.4 is 10.1 Å². The summed E-state index contributed by atoms with van der Waals surface area (Å²) < 4.78 is 11.2. The van der Waals surface area contributed by atoms with Gasteiger partial charge >= 0.3 is 0 Å². The molecule has 3 nitrogen and oxygen atoms in total. The molecule has 1 N–H and O–H groups in total. The van der Waals surface area contributed by atoms with Crippen molar-refractivity contribution in [2.45, 2.75) is 32.8 Å². The zero-order chi connectivity index (χ0) is 12.8. The van der Waals surface area contributed by atoms with Crippen molar-refractivity contribution >= 4 is 5.69 Å². The van der Waals surface area contributed by atoms with Crippen molar-refractivity contribution in [2.24, 2.45) is 5.92 Å². The second-order valence-corrected chi connectivity index (χ2v) is 5.25. The molecule has 1 aromatic carbocycles. The lowest BCUT2D eigenvalue weighted by Gasteiger charge is -2.13. The van der Waals surface area contributed by atoms with Gasteiger partial charge in [0, 0.05) is 18.8 Å². The summed E-state index contributed by atoms with van der Waals surface area (Å²) in [7, 11) is 0. The second kappa shape index (κ2) is 6.64. The predicted molar refractivity (Wildman–Crippen MR) is 74.2 cm³/mol. The van der Waals surface area contributed by atoms with E-state index in [-0.39, 0.29) is 0 Å². The first kappa shape index (κ1) is 13.2. The van der Waals surface area contributed by atoms with E-state index in [2.05, 4.69) is 31.3 Å². The van der Waals surface area contributed by atoms with Gasteiger partial charge < -0.3 is 14.8 Å². The van der Waals surface area contributed by atoms with Crippen LogP contribution in [-0.2, 0) is 4.74 Å². The zero-order valence-electron chi connectivity index (χ0n) is 11.3. The third-order valence-electron chi connectivity index (χ3n) is 3.00. The fourth-order valence-electron chi connectivity index (χ4n) is 1.97. The highest BCUT2D eigenvalue weighted by molar-refractivity contribution is 5.46. The van der Waals surface area contributed by atoms with Crippen molar-refractivity contribution in [3.8, 4) is 5.75 Å². The number of rotatable bonds is 6. The van der Waals surface area contributed by atoms with Crippen LogP contribution in [0.3, 0.4) is 0 Å². The molecule has 0 amide bonds. The summed E-state index contributed by atoms with van der Waals surface area (Å²) in [4.78, 5) is 0. The first-order valence-corrected chi connectivity index (χ1v) is 6.82. The molecule has 1 aliphatic heterocycles. The quantitative estimate of drug-likeness (QED) is 0.839. The van der Waals surface area contributed by atoms with Crippen LogP contribution in [0.1, 0.15) is 26.7 Å². The average Bonchev–Trinajstić information content (AvgIpc) is 2.88. The number of hydrogen-bond acceptors (Lipinski definition) is 3. The van der Waals surface area contributed by atoms with Crippen LogP contribution in [0.15, 0.2) is 24.3 Å². The lowest BCUT2D eigenvalue weighted by molar-refractivity contribution is 0.120. The van der Waals surface area contributed by atoms with Gasteiger partial charge in [-0.25, -0.2) is 0 Å². The van der Waals surface area contributed by atoms with Gasteiger partial charge in [-0.1, -0.05) is 13.8 Å². The van der Waals surface area contributed by atoms with E-state index in [0.29, 0.717) is 12.0 Å².